The topological polar surface area (TPSA) is 43.4 Å². The molecule has 0 bridgehead atoms. The number of halogens is 1. The molecule has 3 nitrogen and oxygen atoms in total. The third kappa shape index (κ3) is 4.69. The van der Waals surface area contributed by atoms with Crippen molar-refractivity contribution in [3.8, 4) is 0 Å². The van der Waals surface area contributed by atoms with E-state index in [9.17, 15) is 9.59 Å². The molecule has 0 saturated heterocycles. The van der Waals surface area contributed by atoms with Gasteiger partial charge in [0, 0.05) is 10.9 Å². The second kappa shape index (κ2) is 6.55. The molecule has 0 atom stereocenters. The van der Waals surface area contributed by atoms with Crippen molar-refractivity contribution in [1.29, 1.82) is 0 Å². The maximum atomic E-state index is 11.4. The van der Waals surface area contributed by atoms with Crippen LogP contribution in [0.1, 0.15) is 25.0 Å². The first-order valence-corrected chi connectivity index (χ1v) is 6.24. The molecule has 0 heterocycles. The maximum Gasteiger partial charge on any atom is 0.310 e. The molecule has 0 aromatic heterocycles. The lowest BCUT2D eigenvalue weighted by Gasteiger charge is -2.08. The zero-order chi connectivity index (χ0) is 12.8. The Kier molecular flexibility index (Phi) is 5.35. The minimum atomic E-state index is -0.264. The van der Waals surface area contributed by atoms with E-state index < -0.39 is 0 Å². The van der Waals surface area contributed by atoms with Crippen LogP contribution < -0.4 is 0 Å². The molecule has 0 radical (unpaired) electrons. The molecule has 17 heavy (non-hydrogen) atoms. The third-order valence-electron chi connectivity index (χ3n) is 2.25. The molecule has 0 fully saturated rings. The summed E-state index contributed by atoms with van der Waals surface area (Å²) in [5.74, 6) is -0.187. The van der Waals surface area contributed by atoms with Gasteiger partial charge in [-0.3, -0.25) is 9.59 Å². The van der Waals surface area contributed by atoms with Crippen molar-refractivity contribution in [2.75, 3.05) is 6.61 Å². The average molecular weight is 299 g/mol. The predicted molar refractivity (Wildman–Crippen MR) is 68.9 cm³/mol. The fourth-order valence-corrected chi connectivity index (χ4v) is 1.98. The van der Waals surface area contributed by atoms with E-state index >= 15 is 0 Å². The largest absolute Gasteiger partial charge is 0.466 e. The Morgan fingerprint density at radius 3 is 2.53 bits per heavy atom. The van der Waals surface area contributed by atoms with E-state index in [0.717, 1.165) is 15.6 Å². The number of ether oxygens (including phenoxy) is 1. The number of Topliss-reactive ketones (excluding diaryl/α,β-unsaturated/α-hetero) is 1. The van der Waals surface area contributed by atoms with Gasteiger partial charge in [0.1, 0.15) is 5.78 Å². The molecule has 1 rings (SSSR count). The van der Waals surface area contributed by atoms with Gasteiger partial charge in [-0.15, -0.1) is 0 Å². The second-order valence-electron chi connectivity index (χ2n) is 3.77. The van der Waals surface area contributed by atoms with Gasteiger partial charge >= 0.3 is 5.97 Å². The van der Waals surface area contributed by atoms with Crippen LogP contribution in [0.15, 0.2) is 22.7 Å². The Bertz CT molecular complexity index is 427. The summed E-state index contributed by atoms with van der Waals surface area (Å²) in [5, 5.41) is 0. The van der Waals surface area contributed by atoms with Crippen LogP contribution in [0.2, 0.25) is 0 Å². The zero-order valence-electron chi connectivity index (χ0n) is 9.96. The number of esters is 1. The summed E-state index contributed by atoms with van der Waals surface area (Å²) in [6.45, 7) is 3.68. The minimum absolute atomic E-state index is 0.0770. The predicted octanol–water partition coefficient (Wildman–Crippen LogP) is 2.69. The van der Waals surface area contributed by atoms with Crippen molar-refractivity contribution in [3.63, 3.8) is 0 Å². The summed E-state index contributed by atoms with van der Waals surface area (Å²) in [6.07, 6.45) is 0.553. The van der Waals surface area contributed by atoms with Gasteiger partial charge in [0.05, 0.1) is 13.0 Å². The molecular formula is C13H15BrO3. The van der Waals surface area contributed by atoms with Crippen LogP contribution in [0.25, 0.3) is 0 Å². The monoisotopic (exact) mass is 298 g/mol. The summed E-state index contributed by atoms with van der Waals surface area (Å²) >= 11 is 3.36. The second-order valence-corrected chi connectivity index (χ2v) is 4.69. The van der Waals surface area contributed by atoms with E-state index in [1.807, 2.05) is 18.2 Å². The fourth-order valence-electron chi connectivity index (χ4n) is 1.57. The van der Waals surface area contributed by atoms with Crippen molar-refractivity contribution in [1.82, 2.24) is 0 Å². The molecule has 0 N–H and O–H groups in total. The van der Waals surface area contributed by atoms with Crippen molar-refractivity contribution < 1.29 is 14.3 Å². The molecule has 1 aromatic rings. The molecule has 1 aromatic carbocycles. The lowest BCUT2D eigenvalue weighted by molar-refractivity contribution is -0.142. The number of hydrogen-bond acceptors (Lipinski definition) is 3. The smallest absolute Gasteiger partial charge is 0.310 e. The first kappa shape index (κ1) is 13.9. The highest BCUT2D eigenvalue weighted by Gasteiger charge is 2.10. The number of benzene rings is 1. The quantitative estimate of drug-likeness (QED) is 0.785. The summed E-state index contributed by atoms with van der Waals surface area (Å²) in [7, 11) is 0. The fraction of sp³-hybridized carbons (Fsp3) is 0.385. The Hall–Kier alpha value is -1.16. The van der Waals surface area contributed by atoms with Gasteiger partial charge in [0.15, 0.2) is 0 Å². The van der Waals surface area contributed by atoms with Crippen molar-refractivity contribution in [2.45, 2.75) is 26.7 Å². The normalized spacial score (nSPS) is 10.1. The summed E-state index contributed by atoms with van der Waals surface area (Å²) in [6, 6.07) is 5.58. The van der Waals surface area contributed by atoms with Gasteiger partial charge in [-0.2, -0.15) is 0 Å². The van der Waals surface area contributed by atoms with Crippen molar-refractivity contribution in [3.05, 3.63) is 33.8 Å². The zero-order valence-corrected chi connectivity index (χ0v) is 11.5. The van der Waals surface area contributed by atoms with Crippen LogP contribution in [-0.4, -0.2) is 18.4 Å². The SMILES string of the molecule is CCOC(=O)Cc1ccc(Br)cc1CC(C)=O. The van der Waals surface area contributed by atoms with Crippen molar-refractivity contribution >= 4 is 27.7 Å². The number of ketones is 1. The molecule has 0 unspecified atom stereocenters. The van der Waals surface area contributed by atoms with Crippen LogP contribution in [0.4, 0.5) is 0 Å². The number of carbonyl (C=O) groups is 2. The minimum Gasteiger partial charge on any atom is -0.466 e. The highest BCUT2D eigenvalue weighted by atomic mass is 79.9. The van der Waals surface area contributed by atoms with Crippen LogP contribution in [-0.2, 0) is 27.2 Å². The van der Waals surface area contributed by atoms with Crippen LogP contribution in [0.5, 0.6) is 0 Å². The standard InChI is InChI=1S/C13H15BrO3/c1-3-17-13(16)8-10-4-5-12(14)7-11(10)6-9(2)15/h4-5,7H,3,6,8H2,1-2H3. The molecule has 0 saturated carbocycles. The van der Waals surface area contributed by atoms with Crippen LogP contribution in [0, 0.1) is 0 Å². The van der Waals surface area contributed by atoms with Gasteiger partial charge < -0.3 is 4.74 Å². The maximum absolute atomic E-state index is 11.4. The summed E-state index contributed by atoms with van der Waals surface area (Å²) < 4.78 is 5.80. The van der Waals surface area contributed by atoms with Crippen LogP contribution >= 0.6 is 15.9 Å². The molecule has 0 aliphatic rings. The van der Waals surface area contributed by atoms with Crippen molar-refractivity contribution in [2.24, 2.45) is 0 Å². The van der Waals surface area contributed by atoms with E-state index in [1.54, 1.807) is 6.92 Å². The Labute approximate surface area is 109 Å². The van der Waals surface area contributed by atoms with Gasteiger partial charge in [0.2, 0.25) is 0 Å². The first-order valence-electron chi connectivity index (χ1n) is 5.45. The van der Waals surface area contributed by atoms with Gasteiger partial charge in [-0.05, 0) is 37.1 Å². The first-order chi connectivity index (χ1) is 8.02. The molecule has 0 aliphatic heterocycles. The Balaban J connectivity index is 2.89. The summed E-state index contributed by atoms with van der Waals surface area (Å²) in [4.78, 5) is 22.6. The third-order valence-corrected chi connectivity index (χ3v) is 2.74. The van der Waals surface area contributed by atoms with Gasteiger partial charge in [0.25, 0.3) is 0 Å². The van der Waals surface area contributed by atoms with E-state index in [4.69, 9.17) is 4.74 Å². The average Bonchev–Trinajstić information content (AvgIpc) is 2.21. The van der Waals surface area contributed by atoms with Gasteiger partial charge in [-0.25, -0.2) is 0 Å². The summed E-state index contributed by atoms with van der Waals surface area (Å²) in [5.41, 5.74) is 1.72. The molecule has 0 amide bonds. The molecule has 0 aliphatic carbocycles. The highest BCUT2D eigenvalue weighted by Crippen LogP contribution is 2.18. The van der Waals surface area contributed by atoms with E-state index in [1.165, 1.54) is 6.92 Å². The number of carbonyl (C=O) groups excluding carboxylic acids is 2. The Morgan fingerprint density at radius 2 is 1.94 bits per heavy atom. The van der Waals surface area contributed by atoms with Gasteiger partial charge in [-0.1, -0.05) is 22.0 Å². The molecular weight excluding hydrogens is 284 g/mol. The molecule has 4 heteroatoms. The van der Waals surface area contributed by atoms with E-state index in [0.29, 0.717) is 13.0 Å². The Morgan fingerprint density at radius 1 is 1.24 bits per heavy atom. The van der Waals surface area contributed by atoms with Crippen LogP contribution in [0.3, 0.4) is 0 Å². The molecule has 92 valence electrons. The van der Waals surface area contributed by atoms with E-state index in [2.05, 4.69) is 15.9 Å². The highest BCUT2D eigenvalue weighted by molar-refractivity contribution is 9.10. The lowest BCUT2D eigenvalue weighted by Crippen LogP contribution is -2.10. The number of hydrogen-bond donors (Lipinski definition) is 0. The lowest BCUT2D eigenvalue weighted by atomic mass is 10.0. The number of rotatable bonds is 5. The molecule has 0 spiro atoms. The van der Waals surface area contributed by atoms with E-state index in [-0.39, 0.29) is 18.2 Å².